The Morgan fingerprint density at radius 3 is 2.67 bits per heavy atom. The van der Waals surface area contributed by atoms with Gasteiger partial charge >= 0.3 is 0 Å². The predicted molar refractivity (Wildman–Crippen MR) is 103 cm³/mol. The molecular weight excluding hydrogens is 362 g/mol. The van der Waals surface area contributed by atoms with Gasteiger partial charge in [-0.25, -0.2) is 13.4 Å². The molecule has 1 atom stereocenters. The highest BCUT2D eigenvalue weighted by Crippen LogP contribution is 2.32. The summed E-state index contributed by atoms with van der Waals surface area (Å²) in [6, 6.07) is 10.1. The molecular formula is C19H23N5O2S. The van der Waals surface area contributed by atoms with Gasteiger partial charge in [-0.3, -0.25) is 4.68 Å². The molecule has 2 aromatic heterocycles. The van der Waals surface area contributed by atoms with E-state index in [2.05, 4.69) is 14.6 Å². The first-order valence-corrected chi connectivity index (χ1v) is 10.6. The molecule has 1 saturated heterocycles. The van der Waals surface area contributed by atoms with Crippen molar-refractivity contribution in [2.45, 2.75) is 37.8 Å². The minimum Gasteiger partial charge on any atom is -0.324 e. The summed E-state index contributed by atoms with van der Waals surface area (Å²) >= 11 is 0. The lowest BCUT2D eigenvalue weighted by Gasteiger charge is -2.19. The minimum atomic E-state index is -3.53. The van der Waals surface area contributed by atoms with Crippen LogP contribution in [0.2, 0.25) is 0 Å². The summed E-state index contributed by atoms with van der Waals surface area (Å²) in [6.45, 7) is 5.53. The Hall–Kier alpha value is -2.45. The van der Waals surface area contributed by atoms with E-state index in [-0.39, 0.29) is 10.9 Å². The number of aromatic nitrogens is 4. The second-order valence-electron chi connectivity index (χ2n) is 6.80. The normalized spacial score (nSPS) is 18.2. The monoisotopic (exact) mass is 385 g/mol. The van der Waals surface area contributed by atoms with Crippen LogP contribution in [0, 0.1) is 6.92 Å². The Labute approximate surface area is 159 Å². The van der Waals surface area contributed by atoms with Crippen LogP contribution in [0.3, 0.4) is 0 Å². The van der Waals surface area contributed by atoms with E-state index in [0.29, 0.717) is 19.6 Å². The van der Waals surface area contributed by atoms with Crippen LogP contribution in [0.4, 0.5) is 0 Å². The molecule has 0 radical (unpaired) electrons. The molecule has 8 heteroatoms. The first-order valence-electron chi connectivity index (χ1n) is 9.12. The molecule has 0 bridgehead atoms. The molecule has 1 aliphatic rings. The lowest BCUT2D eigenvalue weighted by Crippen LogP contribution is -2.29. The highest BCUT2D eigenvalue weighted by molar-refractivity contribution is 7.89. The Morgan fingerprint density at radius 2 is 1.96 bits per heavy atom. The Bertz CT molecular complexity index is 1040. The molecule has 1 aromatic carbocycles. The summed E-state index contributed by atoms with van der Waals surface area (Å²) in [5.74, 6) is 0.885. The molecule has 4 rings (SSSR count). The quantitative estimate of drug-likeness (QED) is 0.677. The third-order valence-corrected chi connectivity index (χ3v) is 6.89. The van der Waals surface area contributed by atoms with Gasteiger partial charge in [-0.2, -0.15) is 9.40 Å². The van der Waals surface area contributed by atoms with Gasteiger partial charge in [-0.1, -0.05) is 30.3 Å². The topological polar surface area (TPSA) is 73.0 Å². The van der Waals surface area contributed by atoms with Gasteiger partial charge in [0.15, 0.2) is 0 Å². The number of aryl methyl sites for hydroxylation is 2. The minimum absolute atomic E-state index is 0.0682. The number of imidazole rings is 1. The molecule has 3 aromatic rings. The standard InChI is InChI=1S/C19H23N5O2S/c1-3-22-14-18(12-21-22)27(25,26)23-10-9-17(13-23)24-15(2)11-20-19(24)16-7-5-4-6-8-16/h4-8,11-12,14,17H,3,9-10,13H2,1-2H3. The maximum atomic E-state index is 13.0. The highest BCUT2D eigenvalue weighted by atomic mass is 32.2. The second-order valence-corrected chi connectivity index (χ2v) is 8.73. The Kier molecular flexibility index (Phi) is 4.61. The van der Waals surface area contributed by atoms with E-state index in [0.717, 1.165) is 23.5 Å². The summed E-state index contributed by atoms with van der Waals surface area (Å²) in [5, 5.41) is 4.10. The number of rotatable bonds is 5. The highest BCUT2D eigenvalue weighted by Gasteiger charge is 2.35. The predicted octanol–water partition coefficient (Wildman–Crippen LogP) is 2.71. The van der Waals surface area contributed by atoms with Crippen molar-refractivity contribution in [2.24, 2.45) is 0 Å². The molecule has 0 N–H and O–H groups in total. The average Bonchev–Trinajstić information content (AvgIpc) is 3.41. The molecule has 27 heavy (non-hydrogen) atoms. The van der Waals surface area contributed by atoms with Crippen molar-refractivity contribution in [1.82, 2.24) is 23.6 Å². The molecule has 1 aliphatic heterocycles. The first-order chi connectivity index (χ1) is 13.0. The fourth-order valence-electron chi connectivity index (χ4n) is 3.65. The van der Waals surface area contributed by atoms with E-state index < -0.39 is 10.0 Å². The zero-order valence-corrected chi connectivity index (χ0v) is 16.3. The number of hydrogen-bond donors (Lipinski definition) is 0. The molecule has 1 unspecified atom stereocenters. The largest absolute Gasteiger partial charge is 0.324 e. The van der Waals surface area contributed by atoms with Crippen LogP contribution in [-0.2, 0) is 16.6 Å². The van der Waals surface area contributed by atoms with Gasteiger partial charge < -0.3 is 4.57 Å². The molecule has 142 valence electrons. The van der Waals surface area contributed by atoms with Gasteiger partial charge in [0.25, 0.3) is 0 Å². The molecule has 1 fully saturated rings. The smallest absolute Gasteiger partial charge is 0.246 e. The number of hydrogen-bond acceptors (Lipinski definition) is 4. The second kappa shape index (κ2) is 6.94. The van der Waals surface area contributed by atoms with Crippen molar-refractivity contribution in [2.75, 3.05) is 13.1 Å². The van der Waals surface area contributed by atoms with Crippen LogP contribution in [0.25, 0.3) is 11.4 Å². The molecule has 0 spiro atoms. The van der Waals surface area contributed by atoms with E-state index >= 15 is 0 Å². The van der Waals surface area contributed by atoms with Crippen LogP contribution in [-0.4, -0.2) is 45.1 Å². The third-order valence-electron chi connectivity index (χ3n) is 5.08. The number of sulfonamides is 1. The third kappa shape index (κ3) is 3.19. The summed E-state index contributed by atoms with van der Waals surface area (Å²) < 4.78 is 31.3. The lowest BCUT2D eigenvalue weighted by atomic mass is 10.2. The van der Waals surface area contributed by atoms with Gasteiger partial charge in [0.05, 0.1) is 12.2 Å². The summed E-state index contributed by atoms with van der Waals surface area (Å²) in [4.78, 5) is 4.83. The molecule has 7 nitrogen and oxygen atoms in total. The van der Waals surface area contributed by atoms with Crippen molar-refractivity contribution < 1.29 is 8.42 Å². The zero-order chi connectivity index (χ0) is 19.0. The Morgan fingerprint density at radius 1 is 1.19 bits per heavy atom. The van der Waals surface area contributed by atoms with E-state index in [9.17, 15) is 8.42 Å². The molecule has 0 aliphatic carbocycles. The van der Waals surface area contributed by atoms with Crippen molar-refractivity contribution in [3.63, 3.8) is 0 Å². The van der Waals surface area contributed by atoms with Crippen LogP contribution in [0.5, 0.6) is 0 Å². The van der Waals surface area contributed by atoms with Crippen molar-refractivity contribution in [3.8, 4) is 11.4 Å². The van der Waals surface area contributed by atoms with E-state index in [4.69, 9.17) is 0 Å². The maximum absolute atomic E-state index is 13.0. The zero-order valence-electron chi connectivity index (χ0n) is 15.5. The molecule has 0 amide bonds. The fourth-order valence-corrected chi connectivity index (χ4v) is 5.09. The van der Waals surface area contributed by atoms with Gasteiger partial charge in [-0.15, -0.1) is 0 Å². The van der Waals surface area contributed by atoms with Crippen molar-refractivity contribution in [3.05, 3.63) is 54.6 Å². The van der Waals surface area contributed by atoms with Gasteiger partial charge in [0.1, 0.15) is 10.7 Å². The van der Waals surface area contributed by atoms with Crippen molar-refractivity contribution >= 4 is 10.0 Å². The van der Waals surface area contributed by atoms with Crippen LogP contribution in [0.1, 0.15) is 25.1 Å². The molecule has 0 saturated carbocycles. The van der Waals surface area contributed by atoms with Crippen molar-refractivity contribution in [1.29, 1.82) is 0 Å². The van der Waals surface area contributed by atoms with E-state index in [1.165, 1.54) is 6.20 Å². The average molecular weight is 385 g/mol. The van der Waals surface area contributed by atoms with Gasteiger partial charge in [0, 0.05) is 43.3 Å². The Balaban J connectivity index is 1.61. The number of nitrogens with zero attached hydrogens (tertiary/aromatic N) is 5. The van der Waals surface area contributed by atoms with Crippen LogP contribution >= 0.6 is 0 Å². The van der Waals surface area contributed by atoms with E-state index in [1.54, 1.807) is 15.2 Å². The lowest BCUT2D eigenvalue weighted by molar-refractivity contribution is 0.450. The molecule has 3 heterocycles. The summed E-state index contributed by atoms with van der Waals surface area (Å²) in [7, 11) is -3.53. The van der Waals surface area contributed by atoms with E-state index in [1.807, 2.05) is 50.4 Å². The van der Waals surface area contributed by atoms with Gasteiger partial charge in [-0.05, 0) is 20.3 Å². The van der Waals surface area contributed by atoms with Crippen LogP contribution < -0.4 is 0 Å². The maximum Gasteiger partial charge on any atom is 0.246 e. The number of benzene rings is 1. The summed E-state index contributed by atoms with van der Waals surface area (Å²) in [6.07, 6.45) is 5.65. The van der Waals surface area contributed by atoms with Gasteiger partial charge in [0.2, 0.25) is 10.0 Å². The summed E-state index contributed by atoms with van der Waals surface area (Å²) in [5.41, 5.74) is 2.08. The first kappa shape index (κ1) is 17.9. The van der Waals surface area contributed by atoms with Crippen LogP contribution in [0.15, 0.2) is 53.8 Å². The fraction of sp³-hybridized carbons (Fsp3) is 0.368. The SMILES string of the molecule is CCn1cc(S(=O)(=O)N2CCC(n3c(C)cnc3-c3ccccc3)C2)cn1.